The summed E-state index contributed by atoms with van der Waals surface area (Å²) in [5.41, 5.74) is 3.97. The number of fused-ring (bicyclic) bond motifs is 1. The third kappa shape index (κ3) is 3.78. The molecule has 1 atom stereocenters. The molecular weight excluding hydrogens is 352 g/mol. The average Bonchev–Trinajstić information content (AvgIpc) is 3.16. The largest absolute Gasteiger partial charge is 0.480 e. The summed E-state index contributed by atoms with van der Waals surface area (Å²) in [6, 6.07) is 11.5. The predicted octanol–water partition coefficient (Wildman–Crippen LogP) is 3.74. The maximum absolute atomic E-state index is 5.41. The second-order valence-electron chi connectivity index (χ2n) is 7.27. The quantitative estimate of drug-likeness (QED) is 0.651. The number of ether oxygens (including phenoxy) is 2. The van der Waals surface area contributed by atoms with Crippen molar-refractivity contribution < 1.29 is 9.47 Å². The molecule has 0 radical (unpaired) electrons. The van der Waals surface area contributed by atoms with Gasteiger partial charge in [-0.2, -0.15) is 4.98 Å². The number of hydrogen-bond acceptors (Lipinski definition) is 6. The normalized spacial score (nSPS) is 17.2. The molecule has 0 amide bonds. The van der Waals surface area contributed by atoms with E-state index in [1.54, 1.807) is 13.3 Å². The van der Waals surface area contributed by atoms with E-state index in [1.807, 2.05) is 6.07 Å². The van der Waals surface area contributed by atoms with E-state index >= 15 is 0 Å². The highest BCUT2D eigenvalue weighted by molar-refractivity contribution is 5.85. The number of nitrogens with zero attached hydrogens (tertiary/aromatic N) is 4. The van der Waals surface area contributed by atoms with Crippen LogP contribution < -0.4 is 9.47 Å². The molecule has 1 aromatic carbocycles. The topological polar surface area (TPSA) is 60.4 Å². The Morgan fingerprint density at radius 1 is 1.11 bits per heavy atom. The minimum Gasteiger partial charge on any atom is -0.480 e. The second-order valence-corrected chi connectivity index (χ2v) is 7.27. The van der Waals surface area contributed by atoms with Crippen LogP contribution in [0.2, 0.25) is 0 Å². The summed E-state index contributed by atoms with van der Waals surface area (Å²) in [7, 11) is 3.14. The molecule has 0 saturated carbocycles. The first-order chi connectivity index (χ1) is 13.7. The van der Waals surface area contributed by atoms with E-state index in [-0.39, 0.29) is 0 Å². The monoisotopic (exact) mass is 378 g/mol. The SMILES string of the molecule is COc1ncc(-c2ccc3nc(CCN4CCCC4C)ccc3c2)c(OC)n1. The molecule has 6 heteroatoms. The molecule has 1 aliphatic rings. The molecule has 0 aliphatic carbocycles. The fraction of sp³-hybridized carbons (Fsp3) is 0.409. The number of pyridine rings is 1. The number of benzene rings is 1. The summed E-state index contributed by atoms with van der Waals surface area (Å²) in [4.78, 5) is 15.9. The van der Waals surface area contributed by atoms with Crippen LogP contribution in [-0.2, 0) is 6.42 Å². The van der Waals surface area contributed by atoms with Gasteiger partial charge in [0.1, 0.15) is 0 Å². The standard InChI is InChI=1S/C22H26N4O2/c1-15-5-4-11-26(15)12-10-18-8-6-17-13-16(7-9-20(17)24-18)19-14-23-22(28-3)25-21(19)27-2/h6-9,13-15H,4-5,10-12H2,1-3H3. The average molecular weight is 378 g/mol. The summed E-state index contributed by atoms with van der Waals surface area (Å²) in [6.45, 7) is 4.61. The van der Waals surface area contributed by atoms with Crippen molar-refractivity contribution in [1.82, 2.24) is 19.9 Å². The Balaban J connectivity index is 1.57. The van der Waals surface area contributed by atoms with Crippen molar-refractivity contribution >= 4 is 10.9 Å². The second kappa shape index (κ2) is 8.10. The maximum Gasteiger partial charge on any atom is 0.319 e. The van der Waals surface area contributed by atoms with Gasteiger partial charge in [0.05, 0.1) is 25.3 Å². The zero-order valence-electron chi connectivity index (χ0n) is 16.7. The summed E-state index contributed by atoms with van der Waals surface area (Å²) in [6.07, 6.45) is 5.34. The van der Waals surface area contributed by atoms with Gasteiger partial charge in [0, 0.05) is 36.3 Å². The van der Waals surface area contributed by atoms with Crippen LogP contribution in [0.15, 0.2) is 36.5 Å². The van der Waals surface area contributed by atoms with Crippen LogP contribution in [0.4, 0.5) is 0 Å². The Morgan fingerprint density at radius 3 is 2.75 bits per heavy atom. The number of aromatic nitrogens is 3. The summed E-state index contributed by atoms with van der Waals surface area (Å²) >= 11 is 0. The summed E-state index contributed by atoms with van der Waals surface area (Å²) in [5.74, 6) is 0.496. The molecular formula is C22H26N4O2. The van der Waals surface area contributed by atoms with Crippen molar-refractivity contribution in [3.05, 3.63) is 42.2 Å². The zero-order valence-corrected chi connectivity index (χ0v) is 16.7. The highest BCUT2D eigenvalue weighted by atomic mass is 16.5. The van der Waals surface area contributed by atoms with E-state index in [2.05, 4.69) is 46.1 Å². The van der Waals surface area contributed by atoms with Gasteiger partial charge in [-0.1, -0.05) is 12.1 Å². The lowest BCUT2D eigenvalue weighted by molar-refractivity contribution is 0.271. The van der Waals surface area contributed by atoms with E-state index in [9.17, 15) is 0 Å². The zero-order chi connectivity index (χ0) is 19.5. The highest BCUT2D eigenvalue weighted by Gasteiger charge is 2.19. The minimum atomic E-state index is 0.292. The lowest BCUT2D eigenvalue weighted by Gasteiger charge is -2.20. The molecule has 0 bridgehead atoms. The third-order valence-electron chi connectivity index (χ3n) is 5.51. The number of rotatable bonds is 6. The fourth-order valence-corrected chi connectivity index (χ4v) is 3.86. The molecule has 1 saturated heterocycles. The number of hydrogen-bond donors (Lipinski definition) is 0. The maximum atomic E-state index is 5.41. The van der Waals surface area contributed by atoms with E-state index in [4.69, 9.17) is 14.5 Å². The van der Waals surface area contributed by atoms with Crippen LogP contribution in [0.3, 0.4) is 0 Å². The summed E-state index contributed by atoms with van der Waals surface area (Å²) in [5, 5.41) is 1.09. The van der Waals surface area contributed by atoms with Crippen LogP contribution in [0, 0.1) is 0 Å². The van der Waals surface area contributed by atoms with Crippen molar-refractivity contribution in [2.45, 2.75) is 32.2 Å². The molecule has 3 aromatic rings. The molecule has 0 spiro atoms. The smallest absolute Gasteiger partial charge is 0.319 e. The third-order valence-corrected chi connectivity index (χ3v) is 5.51. The van der Waals surface area contributed by atoms with Crippen LogP contribution in [0.1, 0.15) is 25.5 Å². The predicted molar refractivity (Wildman–Crippen MR) is 110 cm³/mol. The van der Waals surface area contributed by atoms with Crippen LogP contribution in [0.25, 0.3) is 22.0 Å². The van der Waals surface area contributed by atoms with Gasteiger partial charge >= 0.3 is 6.01 Å². The van der Waals surface area contributed by atoms with Gasteiger partial charge in [0.2, 0.25) is 5.88 Å². The molecule has 0 N–H and O–H groups in total. The van der Waals surface area contributed by atoms with Crippen molar-refractivity contribution in [2.75, 3.05) is 27.3 Å². The molecule has 1 unspecified atom stereocenters. The first-order valence-corrected chi connectivity index (χ1v) is 9.77. The van der Waals surface area contributed by atoms with E-state index in [0.29, 0.717) is 17.9 Å². The fourth-order valence-electron chi connectivity index (χ4n) is 3.86. The Kier molecular flexibility index (Phi) is 5.39. The van der Waals surface area contributed by atoms with Crippen molar-refractivity contribution in [3.8, 4) is 23.0 Å². The van der Waals surface area contributed by atoms with Gasteiger partial charge in [0.25, 0.3) is 0 Å². The molecule has 1 fully saturated rings. The first-order valence-electron chi connectivity index (χ1n) is 9.77. The molecule has 3 heterocycles. The summed E-state index contributed by atoms with van der Waals surface area (Å²) < 4.78 is 10.5. The Bertz CT molecular complexity index is 976. The lowest BCUT2D eigenvalue weighted by atomic mass is 10.0. The molecule has 4 rings (SSSR count). The molecule has 1 aliphatic heterocycles. The van der Waals surface area contributed by atoms with E-state index in [1.165, 1.54) is 26.5 Å². The van der Waals surface area contributed by atoms with Crippen molar-refractivity contribution in [2.24, 2.45) is 0 Å². The molecule has 28 heavy (non-hydrogen) atoms. The van der Waals surface area contributed by atoms with Gasteiger partial charge in [-0.05, 0) is 50.1 Å². The van der Waals surface area contributed by atoms with Gasteiger partial charge in [-0.15, -0.1) is 0 Å². The number of likely N-dealkylation sites (tertiary alicyclic amines) is 1. The van der Waals surface area contributed by atoms with E-state index < -0.39 is 0 Å². The van der Waals surface area contributed by atoms with E-state index in [0.717, 1.165) is 40.7 Å². The van der Waals surface area contributed by atoms with Gasteiger partial charge in [0.15, 0.2) is 0 Å². The van der Waals surface area contributed by atoms with Crippen LogP contribution in [0.5, 0.6) is 11.9 Å². The van der Waals surface area contributed by atoms with Crippen molar-refractivity contribution in [3.63, 3.8) is 0 Å². The van der Waals surface area contributed by atoms with Gasteiger partial charge in [-0.3, -0.25) is 4.98 Å². The Morgan fingerprint density at radius 2 is 2.00 bits per heavy atom. The number of methoxy groups -OCH3 is 2. The van der Waals surface area contributed by atoms with Gasteiger partial charge < -0.3 is 14.4 Å². The van der Waals surface area contributed by atoms with Crippen LogP contribution in [-0.4, -0.2) is 53.2 Å². The van der Waals surface area contributed by atoms with Crippen molar-refractivity contribution in [1.29, 1.82) is 0 Å². The lowest BCUT2D eigenvalue weighted by Crippen LogP contribution is -2.29. The first kappa shape index (κ1) is 18.6. The molecule has 146 valence electrons. The molecule has 6 nitrogen and oxygen atoms in total. The van der Waals surface area contributed by atoms with Crippen LogP contribution >= 0.6 is 0 Å². The van der Waals surface area contributed by atoms with Gasteiger partial charge in [-0.25, -0.2) is 4.98 Å². The Labute approximate surface area is 165 Å². The molecule has 2 aromatic heterocycles. The Hall–Kier alpha value is -2.73. The highest BCUT2D eigenvalue weighted by Crippen LogP contribution is 2.31. The minimum absolute atomic E-state index is 0.292.